The Morgan fingerprint density at radius 2 is 2.00 bits per heavy atom. The molecule has 34 heavy (non-hydrogen) atoms. The highest BCUT2D eigenvalue weighted by atomic mass is 28.3. The largest absolute Gasteiger partial charge is 0.488 e. The first-order valence-corrected chi connectivity index (χ1v) is 14.9. The van der Waals surface area contributed by atoms with Crippen molar-refractivity contribution in [1.82, 2.24) is 19.7 Å². The highest BCUT2D eigenvalue weighted by Gasteiger charge is 2.26. The molecule has 1 saturated heterocycles. The summed E-state index contributed by atoms with van der Waals surface area (Å²) in [6.07, 6.45) is 7.42. The predicted octanol–water partition coefficient (Wildman–Crippen LogP) is 4.87. The Bertz CT molecular complexity index is 1080. The monoisotopic (exact) mass is 477 g/mol. The van der Waals surface area contributed by atoms with Crippen molar-refractivity contribution in [3.8, 4) is 28.6 Å². The van der Waals surface area contributed by atoms with Gasteiger partial charge in [0.25, 0.3) is 0 Å². The smallest absolute Gasteiger partial charge is 0.219 e. The number of likely N-dealkylation sites (tertiary alicyclic amines) is 1. The van der Waals surface area contributed by atoms with Gasteiger partial charge in [0.15, 0.2) is 0 Å². The van der Waals surface area contributed by atoms with E-state index in [1.54, 1.807) is 6.20 Å². The summed E-state index contributed by atoms with van der Waals surface area (Å²) >= 11 is 0. The first-order chi connectivity index (χ1) is 16.6. The fraction of sp³-hybridized carbons (Fsp3) is 0.462. The lowest BCUT2D eigenvalue weighted by molar-refractivity contribution is 0.0801. The summed E-state index contributed by atoms with van der Waals surface area (Å²) in [5.41, 5.74) is 3.21. The molecule has 3 aromatic rings. The van der Waals surface area contributed by atoms with E-state index < -0.39 is 0 Å². The van der Waals surface area contributed by atoms with E-state index in [9.17, 15) is 0 Å². The van der Waals surface area contributed by atoms with Crippen LogP contribution < -0.4 is 9.47 Å². The van der Waals surface area contributed by atoms with E-state index in [1.165, 1.54) is 31.5 Å². The molecule has 1 atom stereocenters. The molecule has 0 aliphatic carbocycles. The first kappa shape index (κ1) is 23.1. The molecule has 2 aliphatic heterocycles. The summed E-state index contributed by atoms with van der Waals surface area (Å²) < 4.78 is 19.9. The van der Waals surface area contributed by atoms with Crippen molar-refractivity contribution in [2.24, 2.45) is 0 Å². The molecule has 4 heterocycles. The van der Waals surface area contributed by atoms with Crippen LogP contribution in [-0.4, -0.2) is 60.8 Å². The third kappa shape index (κ3) is 5.68. The number of fused-ring (bicyclic) bond motifs is 1. The Balaban J connectivity index is 1.18. The number of hydrogen-bond donors (Lipinski definition) is 0. The van der Waals surface area contributed by atoms with Crippen molar-refractivity contribution in [2.75, 3.05) is 26.2 Å². The Labute approximate surface area is 203 Å². The fourth-order valence-corrected chi connectivity index (χ4v) is 5.07. The lowest BCUT2D eigenvalue weighted by atomic mass is 10.1. The van der Waals surface area contributed by atoms with Crippen LogP contribution >= 0.6 is 0 Å². The zero-order valence-electron chi connectivity index (χ0n) is 20.1. The maximum atomic E-state index is 6.22. The molecule has 0 N–H and O–H groups in total. The van der Waals surface area contributed by atoms with Gasteiger partial charge in [0.1, 0.15) is 24.3 Å². The molecular formula is C26H33N4O3Si. The van der Waals surface area contributed by atoms with Crippen LogP contribution in [0.5, 0.6) is 17.4 Å². The van der Waals surface area contributed by atoms with Crippen LogP contribution in [0, 0.1) is 0 Å². The molecule has 1 radical (unpaired) electrons. The van der Waals surface area contributed by atoms with Crippen molar-refractivity contribution < 1.29 is 14.2 Å². The van der Waals surface area contributed by atoms with Crippen molar-refractivity contribution in [1.29, 1.82) is 0 Å². The van der Waals surface area contributed by atoms with Gasteiger partial charge < -0.3 is 14.2 Å². The fourth-order valence-electron chi connectivity index (χ4n) is 4.52. The standard InChI is InChI=1S/C26H33N4O3Si/c1-34(2)14-13-31-19-30-24(9-10-28-30)21-6-8-26(27-17-21)33-22-7-5-20-15-23(32-25(20)16-22)18-29-11-3-4-12-29/h5-10,16-17,23H,3-4,11-15,18-19H2,1-2H3. The molecule has 179 valence electrons. The summed E-state index contributed by atoms with van der Waals surface area (Å²) in [4.78, 5) is 7.02. The van der Waals surface area contributed by atoms with Crippen molar-refractivity contribution >= 4 is 8.80 Å². The quantitative estimate of drug-likeness (QED) is 0.307. The minimum Gasteiger partial charge on any atom is -0.488 e. The summed E-state index contributed by atoms with van der Waals surface area (Å²) in [5.74, 6) is 2.23. The number of nitrogens with zero attached hydrogens (tertiary/aromatic N) is 4. The number of aromatic nitrogens is 3. The normalized spacial score (nSPS) is 17.8. The zero-order valence-corrected chi connectivity index (χ0v) is 21.1. The summed E-state index contributed by atoms with van der Waals surface area (Å²) in [6.45, 7) is 9.21. The van der Waals surface area contributed by atoms with Gasteiger partial charge in [-0.25, -0.2) is 9.67 Å². The Morgan fingerprint density at radius 1 is 1.12 bits per heavy atom. The molecule has 1 aromatic carbocycles. The molecule has 1 fully saturated rings. The lowest BCUT2D eigenvalue weighted by Crippen LogP contribution is -2.32. The summed E-state index contributed by atoms with van der Waals surface area (Å²) in [6, 6.07) is 13.1. The topological polar surface area (TPSA) is 61.6 Å². The SMILES string of the molecule is C[Si](C)CCOCn1nccc1-c1ccc(Oc2ccc3c(c2)OC(CN2CCCC2)C3)nc1. The van der Waals surface area contributed by atoms with E-state index in [1.807, 2.05) is 41.2 Å². The van der Waals surface area contributed by atoms with Crippen LogP contribution in [0.4, 0.5) is 0 Å². The molecule has 0 saturated carbocycles. The number of hydrogen-bond acceptors (Lipinski definition) is 6. The van der Waals surface area contributed by atoms with Crippen LogP contribution in [0.15, 0.2) is 48.8 Å². The van der Waals surface area contributed by atoms with E-state index in [2.05, 4.69) is 34.1 Å². The van der Waals surface area contributed by atoms with E-state index in [-0.39, 0.29) is 14.9 Å². The van der Waals surface area contributed by atoms with Crippen LogP contribution in [0.2, 0.25) is 19.1 Å². The summed E-state index contributed by atoms with van der Waals surface area (Å²) in [7, 11) is -0.267. The maximum absolute atomic E-state index is 6.22. The highest BCUT2D eigenvalue weighted by molar-refractivity contribution is 6.55. The van der Waals surface area contributed by atoms with E-state index >= 15 is 0 Å². The van der Waals surface area contributed by atoms with Crippen LogP contribution in [-0.2, 0) is 17.9 Å². The molecule has 8 heteroatoms. The number of benzene rings is 1. The predicted molar refractivity (Wildman–Crippen MR) is 134 cm³/mol. The Kier molecular flexibility index (Phi) is 7.27. The van der Waals surface area contributed by atoms with Gasteiger partial charge >= 0.3 is 0 Å². The van der Waals surface area contributed by atoms with Crippen LogP contribution in [0.3, 0.4) is 0 Å². The second-order valence-corrected chi connectivity index (χ2v) is 12.3. The maximum Gasteiger partial charge on any atom is 0.219 e. The van der Waals surface area contributed by atoms with Crippen molar-refractivity contribution in [3.63, 3.8) is 0 Å². The molecule has 7 nitrogen and oxygen atoms in total. The average Bonchev–Trinajstić information content (AvgIpc) is 3.58. The van der Waals surface area contributed by atoms with E-state index in [0.29, 0.717) is 12.6 Å². The third-order valence-electron chi connectivity index (χ3n) is 6.37. The Hall–Kier alpha value is -2.68. The minimum absolute atomic E-state index is 0.237. The molecule has 2 aromatic heterocycles. The number of ether oxygens (including phenoxy) is 3. The molecule has 0 spiro atoms. The van der Waals surface area contributed by atoms with E-state index in [0.717, 1.165) is 48.4 Å². The Morgan fingerprint density at radius 3 is 2.79 bits per heavy atom. The van der Waals surface area contributed by atoms with E-state index in [4.69, 9.17) is 14.2 Å². The van der Waals surface area contributed by atoms with Gasteiger partial charge in [0.05, 0.1) is 5.69 Å². The minimum atomic E-state index is -0.267. The molecule has 0 amide bonds. The zero-order chi connectivity index (χ0) is 23.3. The number of rotatable bonds is 10. The second-order valence-electron chi connectivity index (χ2n) is 9.42. The lowest BCUT2D eigenvalue weighted by Gasteiger charge is -2.19. The van der Waals surface area contributed by atoms with Gasteiger partial charge in [-0.1, -0.05) is 19.2 Å². The van der Waals surface area contributed by atoms with Gasteiger partial charge in [-0.15, -0.1) is 0 Å². The third-order valence-corrected chi connectivity index (χ3v) is 7.58. The molecule has 1 unspecified atom stereocenters. The van der Waals surface area contributed by atoms with Gasteiger partial charge in [0, 0.05) is 58.5 Å². The van der Waals surface area contributed by atoms with Gasteiger partial charge in [-0.3, -0.25) is 4.90 Å². The highest BCUT2D eigenvalue weighted by Crippen LogP contribution is 2.34. The van der Waals surface area contributed by atoms with Crippen molar-refractivity contribution in [2.45, 2.75) is 51.2 Å². The number of pyridine rings is 1. The molecule has 5 rings (SSSR count). The van der Waals surface area contributed by atoms with Gasteiger partial charge in [0.2, 0.25) is 5.88 Å². The molecular weight excluding hydrogens is 444 g/mol. The molecule has 2 aliphatic rings. The molecule has 0 bridgehead atoms. The average molecular weight is 478 g/mol. The van der Waals surface area contributed by atoms with Gasteiger partial charge in [-0.2, -0.15) is 5.10 Å². The second kappa shape index (κ2) is 10.7. The van der Waals surface area contributed by atoms with Crippen LogP contribution in [0.1, 0.15) is 18.4 Å². The first-order valence-electron chi connectivity index (χ1n) is 12.2. The van der Waals surface area contributed by atoms with Gasteiger partial charge in [-0.05, 0) is 55.7 Å². The van der Waals surface area contributed by atoms with Crippen LogP contribution in [0.25, 0.3) is 11.3 Å². The summed E-state index contributed by atoms with van der Waals surface area (Å²) in [5, 5.41) is 4.39. The van der Waals surface area contributed by atoms with Crippen molar-refractivity contribution in [3.05, 3.63) is 54.4 Å².